The van der Waals surface area contributed by atoms with Crippen LogP contribution in [0, 0.1) is 6.92 Å². The lowest BCUT2D eigenvalue weighted by Crippen LogP contribution is -2.01. The summed E-state index contributed by atoms with van der Waals surface area (Å²) in [6.07, 6.45) is 1.97. The quantitative estimate of drug-likeness (QED) is 0.896. The number of hydrogen-bond donors (Lipinski definition) is 2. The van der Waals surface area contributed by atoms with Gasteiger partial charge in [0.15, 0.2) is 0 Å². The minimum absolute atomic E-state index is 0.241. The fourth-order valence-corrected chi connectivity index (χ4v) is 2.00. The molecule has 0 radical (unpaired) electrons. The predicted octanol–water partition coefficient (Wildman–Crippen LogP) is 3.74. The number of phenolic OH excluding ortho intramolecular Hbond substituents is 1. The molecule has 0 amide bonds. The van der Waals surface area contributed by atoms with Crippen molar-refractivity contribution in [2.24, 2.45) is 0 Å². The average molecular weight is 280 g/mol. The van der Waals surface area contributed by atoms with Gasteiger partial charge in [-0.25, -0.2) is 0 Å². The third kappa shape index (κ3) is 3.20. The summed E-state index contributed by atoms with van der Waals surface area (Å²) in [4.78, 5) is 0. The Bertz CT molecular complexity index is 578. The molecule has 0 fully saturated rings. The smallest absolute Gasteiger partial charge is 0.120 e. The van der Waals surface area contributed by atoms with Gasteiger partial charge in [-0.15, -0.1) is 0 Å². The molecule has 1 aromatic carbocycles. The molecule has 0 saturated carbocycles. The van der Waals surface area contributed by atoms with Crippen LogP contribution in [-0.4, -0.2) is 14.9 Å². The number of phenols is 1. The maximum atomic E-state index is 9.76. The van der Waals surface area contributed by atoms with Crippen molar-refractivity contribution in [3.8, 4) is 5.75 Å². The second-order valence-corrected chi connectivity index (χ2v) is 5.26. The van der Waals surface area contributed by atoms with Gasteiger partial charge in [0, 0.05) is 29.4 Å². The van der Waals surface area contributed by atoms with Gasteiger partial charge in [-0.2, -0.15) is 5.10 Å². The zero-order valence-electron chi connectivity index (χ0n) is 11.3. The lowest BCUT2D eigenvalue weighted by molar-refractivity contribution is 0.469. The van der Waals surface area contributed by atoms with Crippen molar-refractivity contribution in [3.63, 3.8) is 0 Å². The number of aromatic nitrogens is 2. The number of aromatic hydroxyl groups is 1. The van der Waals surface area contributed by atoms with Crippen LogP contribution in [0.4, 0.5) is 5.69 Å². The number of rotatable bonds is 4. The van der Waals surface area contributed by atoms with E-state index in [-0.39, 0.29) is 5.75 Å². The zero-order chi connectivity index (χ0) is 14.0. The summed E-state index contributed by atoms with van der Waals surface area (Å²) in [6.45, 7) is 6.63. The summed E-state index contributed by atoms with van der Waals surface area (Å²) in [5, 5.41) is 18.1. The van der Waals surface area contributed by atoms with Gasteiger partial charge in [-0.05, 0) is 39.0 Å². The molecule has 0 saturated heterocycles. The van der Waals surface area contributed by atoms with Gasteiger partial charge in [0.2, 0.25) is 0 Å². The largest absolute Gasteiger partial charge is 0.508 e. The zero-order valence-corrected chi connectivity index (χ0v) is 12.1. The molecule has 2 rings (SSSR count). The monoisotopic (exact) mass is 279 g/mol. The van der Waals surface area contributed by atoms with Crippen molar-refractivity contribution in [3.05, 3.63) is 40.7 Å². The van der Waals surface area contributed by atoms with Crippen LogP contribution in [0.2, 0.25) is 5.02 Å². The first kappa shape index (κ1) is 13.7. The molecule has 102 valence electrons. The van der Waals surface area contributed by atoms with E-state index in [9.17, 15) is 5.11 Å². The van der Waals surface area contributed by atoms with Crippen LogP contribution in [0.1, 0.15) is 31.1 Å². The lowest BCUT2D eigenvalue weighted by atomic mass is 10.2. The summed E-state index contributed by atoms with van der Waals surface area (Å²) in [5.41, 5.74) is 2.67. The van der Waals surface area contributed by atoms with Crippen LogP contribution < -0.4 is 5.32 Å². The van der Waals surface area contributed by atoms with Crippen molar-refractivity contribution in [1.82, 2.24) is 9.78 Å². The fraction of sp³-hybridized carbons (Fsp3) is 0.357. The second-order valence-electron chi connectivity index (χ2n) is 4.83. The van der Waals surface area contributed by atoms with Crippen LogP contribution >= 0.6 is 11.6 Å². The highest BCUT2D eigenvalue weighted by Crippen LogP contribution is 2.23. The lowest BCUT2D eigenvalue weighted by Gasteiger charge is -2.07. The van der Waals surface area contributed by atoms with Crippen LogP contribution in [0.5, 0.6) is 5.75 Å². The molecule has 5 heteroatoms. The Labute approximate surface area is 118 Å². The van der Waals surface area contributed by atoms with Gasteiger partial charge in [0.05, 0.1) is 11.4 Å². The highest BCUT2D eigenvalue weighted by Gasteiger charge is 2.08. The van der Waals surface area contributed by atoms with Crippen molar-refractivity contribution >= 4 is 17.3 Å². The summed E-state index contributed by atoms with van der Waals surface area (Å²) in [5.74, 6) is 0.241. The maximum Gasteiger partial charge on any atom is 0.120 e. The van der Waals surface area contributed by atoms with Crippen molar-refractivity contribution in [2.75, 3.05) is 5.32 Å². The molecule has 0 unspecified atom stereocenters. The molecule has 1 aromatic heterocycles. The third-order valence-corrected chi connectivity index (χ3v) is 3.19. The number of hydrogen-bond acceptors (Lipinski definition) is 3. The molecule has 19 heavy (non-hydrogen) atoms. The highest BCUT2D eigenvalue weighted by atomic mass is 35.5. The van der Waals surface area contributed by atoms with Crippen LogP contribution in [0.3, 0.4) is 0 Å². The Morgan fingerprint density at radius 3 is 2.79 bits per heavy atom. The van der Waals surface area contributed by atoms with Gasteiger partial charge in [0.25, 0.3) is 0 Å². The van der Waals surface area contributed by atoms with E-state index in [1.54, 1.807) is 18.2 Å². The first-order valence-corrected chi connectivity index (χ1v) is 6.62. The van der Waals surface area contributed by atoms with E-state index in [1.165, 1.54) is 0 Å². The minimum atomic E-state index is 0.241. The number of anilines is 1. The minimum Gasteiger partial charge on any atom is -0.508 e. The summed E-state index contributed by atoms with van der Waals surface area (Å²) < 4.78 is 1.91. The SMILES string of the molecule is Cc1nn(C(C)C)cc1NCc1cc(Cl)ccc1O. The number of nitrogens with zero attached hydrogens (tertiary/aromatic N) is 2. The van der Waals surface area contributed by atoms with E-state index in [0.717, 1.165) is 16.9 Å². The van der Waals surface area contributed by atoms with E-state index in [4.69, 9.17) is 11.6 Å². The van der Waals surface area contributed by atoms with Crippen LogP contribution in [0.25, 0.3) is 0 Å². The van der Waals surface area contributed by atoms with Crippen molar-refractivity contribution in [1.29, 1.82) is 0 Å². The fourth-order valence-electron chi connectivity index (χ4n) is 1.81. The molecule has 4 nitrogen and oxygen atoms in total. The van der Waals surface area contributed by atoms with Crippen molar-refractivity contribution in [2.45, 2.75) is 33.4 Å². The molecule has 0 aliphatic carbocycles. The highest BCUT2D eigenvalue weighted by molar-refractivity contribution is 6.30. The number of nitrogens with one attached hydrogen (secondary N) is 1. The van der Waals surface area contributed by atoms with E-state index >= 15 is 0 Å². The Balaban J connectivity index is 2.12. The molecule has 0 atom stereocenters. The summed E-state index contributed by atoms with van der Waals surface area (Å²) in [6, 6.07) is 5.35. The molecule has 0 spiro atoms. The first-order valence-electron chi connectivity index (χ1n) is 6.24. The van der Waals surface area contributed by atoms with E-state index < -0.39 is 0 Å². The molecular formula is C14H18ClN3O. The van der Waals surface area contributed by atoms with Gasteiger partial charge >= 0.3 is 0 Å². The van der Waals surface area contributed by atoms with Gasteiger partial charge < -0.3 is 10.4 Å². The van der Waals surface area contributed by atoms with Crippen LogP contribution in [-0.2, 0) is 6.54 Å². The number of halogens is 1. The van der Waals surface area contributed by atoms with E-state index in [0.29, 0.717) is 17.6 Å². The predicted molar refractivity (Wildman–Crippen MR) is 77.8 cm³/mol. The van der Waals surface area contributed by atoms with Crippen molar-refractivity contribution < 1.29 is 5.11 Å². The Kier molecular flexibility index (Phi) is 4.00. The Hall–Kier alpha value is -1.68. The number of aryl methyl sites for hydroxylation is 1. The molecule has 1 heterocycles. The van der Waals surface area contributed by atoms with Gasteiger partial charge in [0.1, 0.15) is 5.75 Å². The summed E-state index contributed by atoms with van der Waals surface area (Å²) in [7, 11) is 0. The Morgan fingerprint density at radius 1 is 1.42 bits per heavy atom. The van der Waals surface area contributed by atoms with Crippen LogP contribution in [0.15, 0.2) is 24.4 Å². The van der Waals surface area contributed by atoms with Gasteiger partial charge in [-0.3, -0.25) is 4.68 Å². The standard InChI is InChI=1S/C14H18ClN3O/c1-9(2)18-8-13(10(3)17-18)16-7-11-6-12(15)4-5-14(11)19/h4-6,8-9,16,19H,7H2,1-3H3. The number of benzene rings is 1. The van der Waals surface area contributed by atoms with E-state index in [1.807, 2.05) is 17.8 Å². The van der Waals surface area contributed by atoms with Gasteiger partial charge in [-0.1, -0.05) is 11.6 Å². The average Bonchev–Trinajstić information content (AvgIpc) is 2.72. The Morgan fingerprint density at radius 2 is 2.16 bits per heavy atom. The molecule has 2 N–H and O–H groups in total. The third-order valence-electron chi connectivity index (χ3n) is 2.96. The summed E-state index contributed by atoms with van der Waals surface area (Å²) >= 11 is 5.92. The molecule has 0 bridgehead atoms. The first-order chi connectivity index (χ1) is 8.97. The maximum absolute atomic E-state index is 9.76. The molecular weight excluding hydrogens is 262 g/mol. The topological polar surface area (TPSA) is 50.1 Å². The molecule has 0 aliphatic heterocycles. The van der Waals surface area contributed by atoms with E-state index in [2.05, 4.69) is 24.3 Å². The normalized spacial score (nSPS) is 11.0. The second kappa shape index (κ2) is 5.53. The molecule has 2 aromatic rings. The molecule has 0 aliphatic rings.